The molecule has 7 heteroatoms. The molecule has 0 unspecified atom stereocenters. The molecule has 4 nitrogen and oxygen atoms in total. The maximum atomic E-state index is 12.8. The summed E-state index contributed by atoms with van der Waals surface area (Å²) in [4.78, 5) is 4.00. The van der Waals surface area contributed by atoms with Crippen molar-refractivity contribution in [2.24, 2.45) is 0 Å². The van der Waals surface area contributed by atoms with Gasteiger partial charge >= 0.3 is 0 Å². The summed E-state index contributed by atoms with van der Waals surface area (Å²) in [6, 6.07) is 6.26. The molecule has 0 aliphatic carbocycles. The van der Waals surface area contributed by atoms with Crippen molar-refractivity contribution >= 4 is 31.6 Å². The van der Waals surface area contributed by atoms with Crippen molar-refractivity contribution in [3.63, 3.8) is 0 Å². The van der Waals surface area contributed by atoms with E-state index in [2.05, 4.69) is 25.6 Å². The Hall–Kier alpha value is -1.47. The molecule has 0 bridgehead atoms. The molecule has 0 atom stereocenters. The zero-order valence-corrected chi connectivity index (χ0v) is 12.3. The van der Waals surface area contributed by atoms with E-state index in [1.54, 1.807) is 13.0 Å². The lowest BCUT2D eigenvalue weighted by molar-refractivity contribution is 0.599. The van der Waals surface area contributed by atoms with Gasteiger partial charge in [0, 0.05) is 0 Å². The van der Waals surface area contributed by atoms with E-state index in [1.807, 2.05) is 0 Å². The molecule has 1 N–H and O–H groups in total. The van der Waals surface area contributed by atoms with Crippen LogP contribution in [0.5, 0.6) is 0 Å². The number of nitrogens with zero attached hydrogens (tertiary/aromatic N) is 1. The third-order valence-electron chi connectivity index (χ3n) is 2.39. The van der Waals surface area contributed by atoms with Crippen LogP contribution >= 0.6 is 15.9 Å². The number of hydrogen-bond donors (Lipinski definition) is 1. The quantitative estimate of drug-likeness (QED) is 0.870. The molecule has 2 rings (SSSR count). The first-order valence-corrected chi connectivity index (χ1v) is 7.56. The van der Waals surface area contributed by atoms with Crippen LogP contribution in [-0.4, -0.2) is 13.4 Å². The maximum absolute atomic E-state index is 12.8. The summed E-state index contributed by atoms with van der Waals surface area (Å²) in [7, 11) is -3.73. The molecule has 0 radical (unpaired) electrons. The molecule has 2 aromatic rings. The Balaban J connectivity index is 2.30. The molecule has 0 amide bonds. The molecule has 0 aliphatic rings. The molecule has 1 aromatic carbocycles. The summed E-state index contributed by atoms with van der Waals surface area (Å²) in [6.45, 7) is 1.80. The third kappa shape index (κ3) is 3.30. The Kier molecular flexibility index (Phi) is 3.86. The minimum Gasteiger partial charge on any atom is -0.278 e. The van der Waals surface area contributed by atoms with Gasteiger partial charge in [-0.2, -0.15) is 0 Å². The highest BCUT2D eigenvalue weighted by molar-refractivity contribution is 9.10. The molecule has 19 heavy (non-hydrogen) atoms. The number of benzene rings is 1. The summed E-state index contributed by atoms with van der Waals surface area (Å²) in [5.41, 5.74) is 1.16. The number of anilines is 1. The van der Waals surface area contributed by atoms with Gasteiger partial charge in [-0.15, -0.1) is 0 Å². The largest absolute Gasteiger partial charge is 0.278 e. The highest BCUT2D eigenvalue weighted by atomic mass is 79.9. The predicted molar refractivity (Wildman–Crippen MR) is 73.9 cm³/mol. The lowest BCUT2D eigenvalue weighted by Gasteiger charge is -2.08. The normalized spacial score (nSPS) is 11.3. The van der Waals surface area contributed by atoms with E-state index in [9.17, 15) is 12.8 Å². The summed E-state index contributed by atoms with van der Waals surface area (Å²) in [5.74, 6) is -0.486. The van der Waals surface area contributed by atoms with Gasteiger partial charge in [0.05, 0.1) is 16.8 Å². The maximum Gasteiger partial charge on any atom is 0.261 e. The number of rotatable bonds is 3. The number of nitrogens with one attached hydrogen (secondary N) is 1. The Morgan fingerprint density at radius 1 is 1.26 bits per heavy atom. The van der Waals surface area contributed by atoms with E-state index in [-0.39, 0.29) is 4.90 Å². The first kappa shape index (κ1) is 14.0. The molecule has 0 saturated heterocycles. The van der Waals surface area contributed by atoms with Crippen LogP contribution in [0.2, 0.25) is 0 Å². The van der Waals surface area contributed by atoms with Crippen molar-refractivity contribution in [1.29, 1.82) is 0 Å². The minimum atomic E-state index is -3.73. The van der Waals surface area contributed by atoms with E-state index >= 15 is 0 Å². The average Bonchev–Trinajstić information content (AvgIpc) is 2.34. The fourth-order valence-electron chi connectivity index (χ4n) is 1.44. The molecule has 0 fully saturated rings. The molecular formula is C12H10BrFN2O2S. The smallest absolute Gasteiger partial charge is 0.261 e. The summed E-state index contributed by atoms with van der Waals surface area (Å²) in [6.07, 6.45) is 1.40. The standard InChI is InChI=1S/C12H10BrFN2O2S/c1-8-6-10(7-15-12(8)13)16-19(17,18)11-4-2-9(14)3-5-11/h2-7,16H,1H3. The van der Waals surface area contributed by atoms with Gasteiger partial charge in [0.2, 0.25) is 0 Å². The van der Waals surface area contributed by atoms with Gasteiger partial charge in [-0.05, 0) is 58.7 Å². The third-order valence-corrected chi connectivity index (χ3v) is 4.62. The van der Waals surface area contributed by atoms with E-state index in [0.29, 0.717) is 10.3 Å². The van der Waals surface area contributed by atoms with Crippen LogP contribution in [0.1, 0.15) is 5.56 Å². The number of pyridine rings is 1. The van der Waals surface area contributed by atoms with Crippen molar-refractivity contribution in [3.8, 4) is 0 Å². The zero-order chi connectivity index (χ0) is 14.0. The van der Waals surface area contributed by atoms with E-state index < -0.39 is 15.8 Å². The number of halogens is 2. The summed E-state index contributed by atoms with van der Waals surface area (Å²) < 4.78 is 39.9. The van der Waals surface area contributed by atoms with Crippen LogP contribution in [-0.2, 0) is 10.0 Å². The highest BCUT2D eigenvalue weighted by Gasteiger charge is 2.14. The van der Waals surface area contributed by atoms with Crippen LogP contribution in [0.3, 0.4) is 0 Å². The van der Waals surface area contributed by atoms with Gasteiger partial charge in [0.1, 0.15) is 10.4 Å². The number of hydrogen-bond acceptors (Lipinski definition) is 3. The van der Waals surface area contributed by atoms with E-state index in [1.165, 1.54) is 18.3 Å². The highest BCUT2D eigenvalue weighted by Crippen LogP contribution is 2.20. The predicted octanol–water partition coefficient (Wildman–Crippen LogP) is 3.09. The SMILES string of the molecule is Cc1cc(NS(=O)(=O)c2ccc(F)cc2)cnc1Br. The lowest BCUT2D eigenvalue weighted by Crippen LogP contribution is -2.13. The number of sulfonamides is 1. The molecular weight excluding hydrogens is 335 g/mol. The number of aryl methyl sites for hydroxylation is 1. The summed E-state index contributed by atoms with van der Waals surface area (Å²) >= 11 is 3.23. The molecule has 0 spiro atoms. The fourth-order valence-corrected chi connectivity index (χ4v) is 2.69. The molecule has 1 aromatic heterocycles. The van der Waals surface area contributed by atoms with Crippen molar-refractivity contribution in [1.82, 2.24) is 4.98 Å². The first-order valence-electron chi connectivity index (χ1n) is 5.29. The number of aromatic nitrogens is 1. The second-order valence-electron chi connectivity index (χ2n) is 3.89. The van der Waals surface area contributed by atoms with E-state index in [0.717, 1.165) is 17.7 Å². The van der Waals surface area contributed by atoms with Crippen LogP contribution in [0.4, 0.5) is 10.1 Å². The second kappa shape index (κ2) is 5.26. The van der Waals surface area contributed by atoms with Crippen LogP contribution < -0.4 is 4.72 Å². The van der Waals surface area contributed by atoms with Gasteiger partial charge in [-0.3, -0.25) is 4.72 Å². The van der Waals surface area contributed by atoms with Crippen LogP contribution in [0.25, 0.3) is 0 Å². The lowest BCUT2D eigenvalue weighted by atomic mass is 10.3. The van der Waals surface area contributed by atoms with Gasteiger partial charge in [-0.1, -0.05) is 0 Å². The van der Waals surface area contributed by atoms with Gasteiger partial charge < -0.3 is 0 Å². The van der Waals surface area contributed by atoms with Crippen LogP contribution in [0, 0.1) is 12.7 Å². The monoisotopic (exact) mass is 344 g/mol. The fraction of sp³-hybridized carbons (Fsp3) is 0.0833. The Labute approximate surface area is 118 Å². The zero-order valence-electron chi connectivity index (χ0n) is 9.89. The van der Waals surface area contributed by atoms with Crippen molar-refractivity contribution in [2.75, 3.05) is 4.72 Å². The Bertz CT molecular complexity index is 702. The average molecular weight is 345 g/mol. The Morgan fingerprint density at radius 3 is 2.47 bits per heavy atom. The topological polar surface area (TPSA) is 59.1 Å². The molecule has 100 valence electrons. The van der Waals surface area contributed by atoms with Gasteiger partial charge in [-0.25, -0.2) is 17.8 Å². The Morgan fingerprint density at radius 2 is 1.89 bits per heavy atom. The molecule has 1 heterocycles. The van der Waals surface area contributed by atoms with Crippen molar-refractivity contribution < 1.29 is 12.8 Å². The first-order chi connectivity index (χ1) is 8.88. The molecule has 0 saturated carbocycles. The van der Waals surface area contributed by atoms with E-state index in [4.69, 9.17) is 0 Å². The second-order valence-corrected chi connectivity index (χ2v) is 6.32. The van der Waals surface area contributed by atoms with Gasteiger partial charge in [0.15, 0.2) is 0 Å². The van der Waals surface area contributed by atoms with Gasteiger partial charge in [0.25, 0.3) is 10.0 Å². The van der Waals surface area contributed by atoms with Crippen molar-refractivity contribution in [3.05, 3.63) is 52.5 Å². The summed E-state index contributed by atoms with van der Waals surface area (Å²) in [5, 5.41) is 0. The minimum absolute atomic E-state index is 0.00512. The molecule has 0 aliphatic heterocycles. The van der Waals surface area contributed by atoms with Crippen LogP contribution in [0.15, 0.2) is 46.0 Å². The van der Waals surface area contributed by atoms with Crippen molar-refractivity contribution in [2.45, 2.75) is 11.8 Å².